The number of nitrogens with zero attached hydrogens (tertiary/aromatic N) is 1. The Balaban J connectivity index is 3.02. The van der Waals surface area contributed by atoms with Crippen LogP contribution in [-0.4, -0.2) is 35.0 Å². The minimum Gasteiger partial charge on any atom is -0.480 e. The number of amides is 1. The normalized spacial score (nSPS) is 12.9. The Kier molecular flexibility index (Phi) is 4.74. The maximum absolute atomic E-state index is 12.4. The number of benzene rings is 1. The predicted octanol–water partition coefficient (Wildman–Crippen LogP) is 2.66. The zero-order chi connectivity index (χ0) is 14.8. The fraction of sp³-hybridized carbons (Fsp3) is 0.429. The van der Waals surface area contributed by atoms with Gasteiger partial charge in [0.1, 0.15) is 6.04 Å². The van der Waals surface area contributed by atoms with Gasteiger partial charge >= 0.3 is 5.97 Å². The van der Waals surface area contributed by atoms with Crippen molar-refractivity contribution in [1.82, 2.24) is 4.90 Å². The third kappa shape index (κ3) is 3.35. The van der Waals surface area contributed by atoms with Crippen LogP contribution in [0.25, 0.3) is 0 Å². The number of hydrogen-bond acceptors (Lipinski definition) is 2. The van der Waals surface area contributed by atoms with Gasteiger partial charge in [0.2, 0.25) is 5.91 Å². The van der Waals surface area contributed by atoms with E-state index in [-0.39, 0.29) is 5.91 Å². The predicted molar refractivity (Wildman–Crippen MR) is 77.0 cm³/mol. The molecule has 0 aliphatic rings. The van der Waals surface area contributed by atoms with Gasteiger partial charge in [-0.1, -0.05) is 28.1 Å². The molecular formula is C14H18BrNO3. The molecule has 1 unspecified atom stereocenters. The summed E-state index contributed by atoms with van der Waals surface area (Å²) in [4.78, 5) is 24.7. The lowest BCUT2D eigenvalue weighted by Crippen LogP contribution is -2.48. The van der Waals surface area contributed by atoms with Crippen LogP contribution in [0.3, 0.4) is 0 Å². The van der Waals surface area contributed by atoms with Gasteiger partial charge in [0, 0.05) is 11.5 Å². The largest absolute Gasteiger partial charge is 0.480 e. The lowest BCUT2D eigenvalue weighted by molar-refractivity contribution is -0.150. The van der Waals surface area contributed by atoms with Crippen LogP contribution in [0.2, 0.25) is 0 Å². The molecule has 1 aromatic carbocycles. The van der Waals surface area contributed by atoms with E-state index in [1.165, 1.54) is 18.9 Å². The molecule has 5 heteroatoms. The molecule has 1 N–H and O–H groups in total. The average molecular weight is 328 g/mol. The van der Waals surface area contributed by atoms with Crippen LogP contribution >= 0.6 is 15.9 Å². The second-order valence-corrected chi connectivity index (χ2v) is 5.98. The molecule has 0 saturated carbocycles. The molecule has 0 saturated heterocycles. The second kappa shape index (κ2) is 5.74. The summed E-state index contributed by atoms with van der Waals surface area (Å²) in [5, 5.41) is 8.97. The molecule has 4 nitrogen and oxygen atoms in total. The topological polar surface area (TPSA) is 57.6 Å². The van der Waals surface area contributed by atoms with Crippen molar-refractivity contribution in [3.63, 3.8) is 0 Å². The fourth-order valence-corrected chi connectivity index (χ4v) is 2.04. The van der Waals surface area contributed by atoms with Crippen LogP contribution in [0.4, 0.5) is 0 Å². The highest BCUT2D eigenvalue weighted by Gasteiger charge is 2.35. The van der Waals surface area contributed by atoms with E-state index in [9.17, 15) is 9.59 Å². The minimum absolute atomic E-state index is 0.218. The van der Waals surface area contributed by atoms with E-state index in [0.29, 0.717) is 0 Å². The van der Waals surface area contributed by atoms with E-state index >= 15 is 0 Å². The first-order valence-corrected chi connectivity index (χ1v) is 6.73. The Hall–Kier alpha value is -1.36. The Morgan fingerprint density at radius 3 is 2.16 bits per heavy atom. The van der Waals surface area contributed by atoms with Crippen molar-refractivity contribution >= 4 is 27.8 Å². The number of rotatable bonds is 4. The van der Waals surface area contributed by atoms with Crippen LogP contribution < -0.4 is 0 Å². The second-order valence-electron chi connectivity index (χ2n) is 5.06. The number of carbonyl (C=O) groups is 2. The Morgan fingerprint density at radius 1 is 1.26 bits per heavy atom. The number of hydrogen-bond donors (Lipinski definition) is 1. The number of carboxylic acids is 1. The summed E-state index contributed by atoms with van der Waals surface area (Å²) in [6.07, 6.45) is 0. The van der Waals surface area contributed by atoms with E-state index in [1.807, 2.05) is 24.3 Å². The summed E-state index contributed by atoms with van der Waals surface area (Å²) in [6, 6.07) is 6.61. The molecule has 104 valence electrons. The highest BCUT2D eigenvalue weighted by molar-refractivity contribution is 9.10. The van der Waals surface area contributed by atoms with Gasteiger partial charge in [-0.25, -0.2) is 4.79 Å². The summed E-state index contributed by atoms with van der Waals surface area (Å²) < 4.78 is 0.937. The third-order valence-electron chi connectivity index (χ3n) is 3.36. The molecule has 1 rings (SSSR count). The quantitative estimate of drug-likeness (QED) is 0.924. The van der Waals surface area contributed by atoms with Gasteiger partial charge < -0.3 is 10.0 Å². The zero-order valence-corrected chi connectivity index (χ0v) is 13.1. The van der Waals surface area contributed by atoms with Crippen LogP contribution in [0.15, 0.2) is 28.7 Å². The van der Waals surface area contributed by atoms with E-state index in [2.05, 4.69) is 15.9 Å². The van der Waals surface area contributed by atoms with Crippen molar-refractivity contribution in [3.8, 4) is 0 Å². The van der Waals surface area contributed by atoms with Gasteiger partial charge in [0.15, 0.2) is 0 Å². The van der Waals surface area contributed by atoms with E-state index in [1.54, 1.807) is 13.8 Å². The van der Waals surface area contributed by atoms with Gasteiger partial charge in [-0.05, 0) is 38.5 Å². The fourth-order valence-electron chi connectivity index (χ4n) is 1.77. The summed E-state index contributed by atoms with van der Waals surface area (Å²) in [7, 11) is 1.52. The first-order chi connectivity index (χ1) is 8.67. The van der Waals surface area contributed by atoms with Crippen molar-refractivity contribution in [3.05, 3.63) is 34.3 Å². The summed E-state index contributed by atoms with van der Waals surface area (Å²) in [5.74, 6) is -1.23. The maximum Gasteiger partial charge on any atom is 0.326 e. The lowest BCUT2D eigenvalue weighted by atomic mass is 9.83. The van der Waals surface area contributed by atoms with Crippen LogP contribution in [-0.2, 0) is 15.0 Å². The molecule has 1 amide bonds. The minimum atomic E-state index is -1.01. The van der Waals surface area contributed by atoms with Gasteiger partial charge in [-0.2, -0.15) is 0 Å². The molecular weight excluding hydrogens is 310 g/mol. The number of likely N-dealkylation sites (N-methyl/N-ethyl adjacent to an activating group) is 1. The molecule has 0 aliphatic carbocycles. The van der Waals surface area contributed by atoms with Crippen LogP contribution in [0.1, 0.15) is 26.3 Å². The summed E-state index contributed by atoms with van der Waals surface area (Å²) >= 11 is 3.35. The highest BCUT2D eigenvalue weighted by atomic mass is 79.9. The maximum atomic E-state index is 12.4. The van der Waals surface area contributed by atoms with Gasteiger partial charge in [0.05, 0.1) is 5.41 Å². The van der Waals surface area contributed by atoms with E-state index < -0.39 is 17.4 Å². The third-order valence-corrected chi connectivity index (χ3v) is 3.89. The molecule has 0 aromatic heterocycles. The van der Waals surface area contributed by atoms with E-state index in [4.69, 9.17) is 5.11 Å². The number of aliphatic carboxylic acids is 1. The smallest absolute Gasteiger partial charge is 0.326 e. The number of halogens is 1. The number of carboxylic acid groups (broad SMARTS) is 1. The molecule has 1 aromatic rings. The highest BCUT2D eigenvalue weighted by Crippen LogP contribution is 2.27. The Bertz CT molecular complexity index is 482. The van der Waals surface area contributed by atoms with Gasteiger partial charge in [0.25, 0.3) is 0 Å². The van der Waals surface area contributed by atoms with Crippen LogP contribution in [0, 0.1) is 0 Å². The molecule has 0 aliphatic heterocycles. The molecule has 19 heavy (non-hydrogen) atoms. The Morgan fingerprint density at radius 2 is 1.74 bits per heavy atom. The summed E-state index contributed by atoms with van der Waals surface area (Å²) in [5.41, 5.74) is 0.0873. The van der Waals surface area contributed by atoms with Crippen molar-refractivity contribution in [2.75, 3.05) is 7.05 Å². The zero-order valence-electron chi connectivity index (χ0n) is 11.5. The molecule has 0 fully saturated rings. The molecule has 0 spiro atoms. The molecule has 0 heterocycles. The van der Waals surface area contributed by atoms with Gasteiger partial charge in [-0.15, -0.1) is 0 Å². The van der Waals surface area contributed by atoms with Crippen molar-refractivity contribution in [2.24, 2.45) is 0 Å². The van der Waals surface area contributed by atoms with Gasteiger partial charge in [-0.3, -0.25) is 4.79 Å². The molecule has 1 atom stereocenters. The van der Waals surface area contributed by atoms with Crippen molar-refractivity contribution < 1.29 is 14.7 Å². The number of carbonyl (C=O) groups excluding carboxylic acids is 1. The standard InChI is InChI=1S/C14H18BrNO3/c1-9(12(17)18)16(4)13(19)14(2,3)10-5-7-11(15)8-6-10/h5-9H,1-4H3,(H,17,18). The van der Waals surface area contributed by atoms with E-state index in [0.717, 1.165) is 10.0 Å². The average Bonchev–Trinajstić information content (AvgIpc) is 2.36. The van der Waals surface area contributed by atoms with Crippen LogP contribution in [0.5, 0.6) is 0 Å². The first kappa shape index (κ1) is 15.7. The monoisotopic (exact) mass is 327 g/mol. The first-order valence-electron chi connectivity index (χ1n) is 5.94. The van der Waals surface area contributed by atoms with Crippen molar-refractivity contribution in [2.45, 2.75) is 32.2 Å². The lowest BCUT2D eigenvalue weighted by Gasteiger charge is -2.32. The SMILES string of the molecule is CC(C(=O)O)N(C)C(=O)C(C)(C)c1ccc(Br)cc1. The van der Waals surface area contributed by atoms with Crippen molar-refractivity contribution in [1.29, 1.82) is 0 Å². The molecule has 0 radical (unpaired) electrons. The molecule has 0 bridgehead atoms. The summed E-state index contributed by atoms with van der Waals surface area (Å²) in [6.45, 7) is 5.09. The Labute approximate surface area is 121 Å².